The number of nitrogens with zero attached hydrogens (tertiary/aromatic N) is 4. The van der Waals surface area contributed by atoms with Crippen molar-refractivity contribution < 1.29 is 4.79 Å². The van der Waals surface area contributed by atoms with Crippen LogP contribution in [0, 0.1) is 20.8 Å². The Kier molecular flexibility index (Phi) is 5.13. The molecule has 0 aliphatic rings. The van der Waals surface area contributed by atoms with Crippen LogP contribution >= 0.6 is 0 Å². The number of aromatic nitrogens is 4. The van der Waals surface area contributed by atoms with Gasteiger partial charge in [-0.2, -0.15) is 5.10 Å². The number of benzene rings is 3. The number of carbonyl (C=O) groups is 1. The molecule has 0 saturated carbocycles. The van der Waals surface area contributed by atoms with Crippen molar-refractivity contribution in [2.24, 2.45) is 0 Å². The Morgan fingerprint density at radius 3 is 2.55 bits per heavy atom. The lowest BCUT2D eigenvalue weighted by Gasteiger charge is -2.10. The molecule has 0 aliphatic carbocycles. The first kappa shape index (κ1) is 20.8. The Bertz CT molecular complexity index is 1530. The van der Waals surface area contributed by atoms with Crippen LogP contribution in [0.1, 0.15) is 39.9 Å². The fourth-order valence-corrected chi connectivity index (χ4v) is 4.36. The summed E-state index contributed by atoms with van der Waals surface area (Å²) < 4.78 is 1.75. The van der Waals surface area contributed by atoms with Gasteiger partial charge in [-0.05, 0) is 55.2 Å². The highest BCUT2D eigenvalue weighted by Crippen LogP contribution is 2.34. The minimum Gasteiger partial charge on any atom is -0.320 e. The van der Waals surface area contributed by atoms with Crippen LogP contribution in [-0.2, 0) is 6.42 Å². The lowest BCUT2D eigenvalue weighted by molar-refractivity contribution is 0.102. The van der Waals surface area contributed by atoms with Gasteiger partial charge in [-0.3, -0.25) is 4.79 Å². The Morgan fingerprint density at radius 2 is 1.76 bits per heavy atom. The average Bonchev–Trinajstić information content (AvgIpc) is 3.20. The SMILES string of the molecule is CCc1nn2c(C)c(C(=O)Nc3ccc(C)cc3C)nnc2c1-c1cccc2ccccc12. The molecule has 5 rings (SSSR count). The number of nitrogens with one attached hydrogen (secondary N) is 1. The van der Waals surface area contributed by atoms with Gasteiger partial charge in [0.05, 0.1) is 17.0 Å². The molecule has 1 amide bonds. The van der Waals surface area contributed by atoms with Crippen molar-refractivity contribution in [2.75, 3.05) is 5.32 Å². The molecular weight excluding hydrogens is 410 g/mol. The molecule has 0 saturated heterocycles. The zero-order chi connectivity index (χ0) is 23.1. The highest BCUT2D eigenvalue weighted by Gasteiger charge is 2.22. The number of rotatable bonds is 4. The zero-order valence-electron chi connectivity index (χ0n) is 19.2. The Hall–Kier alpha value is -4.06. The highest BCUT2D eigenvalue weighted by molar-refractivity contribution is 6.04. The van der Waals surface area contributed by atoms with Gasteiger partial charge in [-0.15, -0.1) is 10.2 Å². The standard InChI is InChI=1S/C27H25N5O/c1-5-22-24(21-12-8-10-19-9-6-7-11-20(19)21)26-30-29-25(18(4)32(26)31-22)27(33)28-23-14-13-16(2)15-17(23)3/h6-15H,5H2,1-4H3,(H,28,33). The molecule has 0 aliphatic heterocycles. The van der Waals surface area contributed by atoms with Crippen molar-refractivity contribution in [3.8, 4) is 11.1 Å². The van der Waals surface area contributed by atoms with Crippen molar-refractivity contribution in [3.63, 3.8) is 0 Å². The molecule has 6 heteroatoms. The summed E-state index contributed by atoms with van der Waals surface area (Å²) in [6.45, 7) is 7.94. The summed E-state index contributed by atoms with van der Waals surface area (Å²) in [4.78, 5) is 13.1. The predicted octanol–water partition coefficient (Wildman–Crippen LogP) is 5.68. The number of hydrogen-bond acceptors (Lipinski definition) is 4. The van der Waals surface area contributed by atoms with Crippen LogP contribution < -0.4 is 5.32 Å². The Labute approximate surface area is 192 Å². The molecular formula is C27H25N5O. The van der Waals surface area contributed by atoms with Crippen LogP contribution in [-0.4, -0.2) is 25.7 Å². The van der Waals surface area contributed by atoms with Gasteiger partial charge in [0.25, 0.3) is 5.91 Å². The van der Waals surface area contributed by atoms with Crippen LogP contribution in [0.25, 0.3) is 27.5 Å². The lowest BCUT2D eigenvalue weighted by Crippen LogP contribution is -2.19. The number of anilines is 1. The molecule has 2 heterocycles. The van der Waals surface area contributed by atoms with Crippen molar-refractivity contribution in [3.05, 3.63) is 88.9 Å². The Morgan fingerprint density at radius 1 is 0.970 bits per heavy atom. The third-order valence-corrected chi connectivity index (χ3v) is 6.08. The molecule has 0 fully saturated rings. The van der Waals surface area contributed by atoms with Gasteiger partial charge < -0.3 is 5.32 Å². The smallest absolute Gasteiger partial charge is 0.278 e. The van der Waals surface area contributed by atoms with Gasteiger partial charge in [0.2, 0.25) is 0 Å². The molecule has 2 aromatic heterocycles. The summed E-state index contributed by atoms with van der Waals surface area (Å²) >= 11 is 0. The predicted molar refractivity (Wildman–Crippen MR) is 132 cm³/mol. The van der Waals surface area contributed by atoms with Gasteiger partial charge >= 0.3 is 0 Å². The van der Waals surface area contributed by atoms with E-state index in [2.05, 4.69) is 46.7 Å². The van der Waals surface area contributed by atoms with Crippen LogP contribution in [0.2, 0.25) is 0 Å². The molecule has 0 bridgehead atoms. The van der Waals surface area contributed by atoms with Crippen LogP contribution in [0.5, 0.6) is 0 Å². The number of fused-ring (bicyclic) bond motifs is 2. The molecule has 1 N–H and O–H groups in total. The summed E-state index contributed by atoms with van der Waals surface area (Å²) in [6.07, 6.45) is 0.742. The third kappa shape index (κ3) is 3.53. The second kappa shape index (κ2) is 8.13. The second-order valence-corrected chi connectivity index (χ2v) is 8.34. The van der Waals surface area contributed by atoms with Gasteiger partial charge in [0.1, 0.15) is 0 Å². The average molecular weight is 436 g/mol. The second-order valence-electron chi connectivity index (χ2n) is 8.34. The maximum Gasteiger partial charge on any atom is 0.278 e. The normalized spacial score (nSPS) is 11.3. The van der Waals surface area contributed by atoms with E-state index in [1.54, 1.807) is 4.52 Å². The van der Waals surface area contributed by atoms with Crippen LogP contribution in [0.3, 0.4) is 0 Å². The largest absolute Gasteiger partial charge is 0.320 e. The molecule has 0 radical (unpaired) electrons. The first-order valence-corrected chi connectivity index (χ1v) is 11.1. The minimum absolute atomic E-state index is 0.261. The van der Waals surface area contributed by atoms with Crippen molar-refractivity contribution in [2.45, 2.75) is 34.1 Å². The maximum absolute atomic E-state index is 13.1. The molecule has 0 unspecified atom stereocenters. The molecule has 5 aromatic rings. The first-order valence-electron chi connectivity index (χ1n) is 11.1. The number of carbonyl (C=O) groups excluding carboxylic acids is 1. The quantitative estimate of drug-likeness (QED) is 0.394. The van der Waals surface area contributed by atoms with Gasteiger partial charge in [0, 0.05) is 5.69 Å². The van der Waals surface area contributed by atoms with E-state index in [1.165, 1.54) is 0 Å². The summed E-state index contributed by atoms with van der Waals surface area (Å²) in [7, 11) is 0. The van der Waals surface area contributed by atoms with E-state index in [4.69, 9.17) is 5.10 Å². The van der Waals surface area contributed by atoms with Crippen LogP contribution in [0.4, 0.5) is 5.69 Å². The van der Waals surface area contributed by atoms with Crippen molar-refractivity contribution >= 4 is 28.0 Å². The molecule has 0 atom stereocenters. The minimum atomic E-state index is -0.297. The summed E-state index contributed by atoms with van der Waals surface area (Å²) in [5.41, 5.74) is 7.44. The summed E-state index contributed by atoms with van der Waals surface area (Å²) in [5, 5.41) is 18.9. The zero-order valence-corrected chi connectivity index (χ0v) is 19.2. The fourth-order valence-electron chi connectivity index (χ4n) is 4.36. The van der Waals surface area contributed by atoms with E-state index in [9.17, 15) is 4.79 Å². The van der Waals surface area contributed by atoms with Gasteiger partial charge in [-0.1, -0.05) is 67.1 Å². The van der Waals surface area contributed by atoms with E-state index in [0.717, 1.165) is 50.8 Å². The number of hydrogen-bond donors (Lipinski definition) is 1. The lowest BCUT2D eigenvalue weighted by atomic mass is 9.97. The first-order chi connectivity index (χ1) is 16.0. The summed E-state index contributed by atoms with van der Waals surface area (Å²) in [6, 6.07) is 20.4. The van der Waals surface area contributed by atoms with E-state index < -0.39 is 0 Å². The molecule has 33 heavy (non-hydrogen) atoms. The number of amides is 1. The van der Waals surface area contributed by atoms with E-state index in [-0.39, 0.29) is 11.6 Å². The monoisotopic (exact) mass is 435 g/mol. The maximum atomic E-state index is 13.1. The number of aryl methyl sites for hydroxylation is 4. The molecule has 3 aromatic carbocycles. The van der Waals surface area contributed by atoms with Gasteiger partial charge in [0.15, 0.2) is 11.3 Å². The van der Waals surface area contributed by atoms with Crippen molar-refractivity contribution in [1.82, 2.24) is 19.8 Å². The molecule has 164 valence electrons. The highest BCUT2D eigenvalue weighted by atomic mass is 16.2. The van der Waals surface area contributed by atoms with Crippen molar-refractivity contribution in [1.29, 1.82) is 0 Å². The van der Waals surface area contributed by atoms with Gasteiger partial charge in [-0.25, -0.2) is 4.52 Å². The Balaban J connectivity index is 1.63. The topological polar surface area (TPSA) is 72.2 Å². The third-order valence-electron chi connectivity index (χ3n) is 6.08. The van der Waals surface area contributed by atoms with E-state index >= 15 is 0 Å². The van der Waals surface area contributed by atoms with Crippen LogP contribution in [0.15, 0.2) is 60.7 Å². The molecule has 6 nitrogen and oxygen atoms in total. The molecule has 0 spiro atoms. The van der Waals surface area contributed by atoms with E-state index in [1.807, 2.05) is 57.2 Å². The summed E-state index contributed by atoms with van der Waals surface area (Å²) in [5.74, 6) is -0.297. The van der Waals surface area contributed by atoms with E-state index in [0.29, 0.717) is 11.3 Å². The fraction of sp³-hybridized carbons (Fsp3) is 0.185.